The van der Waals surface area contributed by atoms with E-state index in [9.17, 15) is 4.79 Å². The van der Waals surface area contributed by atoms with E-state index in [0.29, 0.717) is 11.5 Å². The van der Waals surface area contributed by atoms with E-state index >= 15 is 0 Å². The molecule has 1 aliphatic carbocycles. The molecule has 1 fully saturated rings. The SMILES string of the molecule is Cn1c(=O)oc2cc(C(Cl)C3CCC3)ccc21. The van der Waals surface area contributed by atoms with Gasteiger partial charge in [-0.2, -0.15) is 0 Å². The van der Waals surface area contributed by atoms with Crippen LogP contribution in [0, 0.1) is 5.92 Å². The minimum atomic E-state index is -0.327. The second-order valence-electron chi connectivity index (χ2n) is 4.75. The number of halogens is 1. The van der Waals surface area contributed by atoms with Crippen LogP contribution in [0.2, 0.25) is 0 Å². The van der Waals surface area contributed by atoms with Crippen LogP contribution < -0.4 is 5.76 Å². The van der Waals surface area contributed by atoms with Crippen molar-refractivity contribution in [2.24, 2.45) is 13.0 Å². The van der Waals surface area contributed by atoms with Crippen molar-refractivity contribution in [3.63, 3.8) is 0 Å². The largest absolute Gasteiger partial charge is 0.419 e. The molecule has 1 aromatic heterocycles. The molecule has 4 heteroatoms. The van der Waals surface area contributed by atoms with Crippen LogP contribution in [-0.2, 0) is 7.05 Å². The maximum absolute atomic E-state index is 11.4. The molecule has 3 rings (SSSR count). The van der Waals surface area contributed by atoms with E-state index in [0.717, 1.165) is 11.1 Å². The Morgan fingerprint density at radius 2 is 2.24 bits per heavy atom. The Hall–Kier alpha value is -1.22. The summed E-state index contributed by atoms with van der Waals surface area (Å²) in [5.74, 6) is 0.247. The van der Waals surface area contributed by atoms with Crippen LogP contribution in [0.4, 0.5) is 0 Å². The lowest BCUT2D eigenvalue weighted by molar-refractivity contribution is 0.305. The Labute approximate surface area is 104 Å². The molecular weight excluding hydrogens is 238 g/mol. The van der Waals surface area contributed by atoms with Crippen LogP contribution in [0.5, 0.6) is 0 Å². The number of rotatable bonds is 2. The molecule has 0 radical (unpaired) electrons. The molecule has 0 aliphatic heterocycles. The van der Waals surface area contributed by atoms with Crippen molar-refractivity contribution in [2.75, 3.05) is 0 Å². The molecule has 90 valence electrons. The molecule has 17 heavy (non-hydrogen) atoms. The molecule has 0 saturated heterocycles. The maximum Gasteiger partial charge on any atom is 0.419 e. The molecule has 1 saturated carbocycles. The minimum absolute atomic E-state index is 0.0404. The molecule has 0 N–H and O–H groups in total. The van der Waals surface area contributed by atoms with Gasteiger partial charge < -0.3 is 4.42 Å². The van der Waals surface area contributed by atoms with Crippen LogP contribution >= 0.6 is 11.6 Å². The van der Waals surface area contributed by atoms with Gasteiger partial charge in [-0.05, 0) is 36.5 Å². The van der Waals surface area contributed by atoms with E-state index in [2.05, 4.69) is 0 Å². The van der Waals surface area contributed by atoms with Crippen molar-refractivity contribution in [3.05, 3.63) is 34.3 Å². The first kappa shape index (κ1) is 10.9. The van der Waals surface area contributed by atoms with E-state index in [1.807, 2.05) is 18.2 Å². The molecule has 1 aromatic carbocycles. The van der Waals surface area contributed by atoms with Gasteiger partial charge in [-0.15, -0.1) is 11.6 Å². The minimum Gasteiger partial charge on any atom is -0.408 e. The van der Waals surface area contributed by atoms with Crippen molar-refractivity contribution in [1.29, 1.82) is 0 Å². The van der Waals surface area contributed by atoms with E-state index in [-0.39, 0.29) is 11.1 Å². The molecule has 0 spiro atoms. The molecule has 1 aliphatic rings. The fourth-order valence-corrected chi connectivity index (χ4v) is 2.71. The molecule has 1 heterocycles. The number of aromatic nitrogens is 1. The lowest BCUT2D eigenvalue weighted by Gasteiger charge is -2.30. The summed E-state index contributed by atoms with van der Waals surface area (Å²) in [6.45, 7) is 0. The van der Waals surface area contributed by atoms with Gasteiger partial charge in [0, 0.05) is 7.05 Å². The van der Waals surface area contributed by atoms with E-state index in [4.69, 9.17) is 16.0 Å². The lowest BCUT2D eigenvalue weighted by Crippen LogP contribution is -2.16. The Kier molecular flexibility index (Phi) is 2.51. The highest BCUT2D eigenvalue weighted by atomic mass is 35.5. The number of nitrogens with zero attached hydrogens (tertiary/aromatic N) is 1. The topological polar surface area (TPSA) is 35.1 Å². The molecule has 3 nitrogen and oxygen atoms in total. The first-order valence-electron chi connectivity index (χ1n) is 5.90. The monoisotopic (exact) mass is 251 g/mol. The highest BCUT2D eigenvalue weighted by molar-refractivity contribution is 6.21. The molecule has 1 unspecified atom stereocenters. The second kappa shape index (κ2) is 3.91. The summed E-state index contributed by atoms with van der Waals surface area (Å²) in [7, 11) is 1.71. The predicted octanol–water partition coefficient (Wildman–Crippen LogP) is 3.21. The summed E-state index contributed by atoms with van der Waals surface area (Å²) in [5, 5.41) is 0.0404. The van der Waals surface area contributed by atoms with Gasteiger partial charge in [0.05, 0.1) is 10.9 Å². The summed E-state index contributed by atoms with van der Waals surface area (Å²) < 4.78 is 6.68. The van der Waals surface area contributed by atoms with E-state index in [1.165, 1.54) is 23.8 Å². The quantitative estimate of drug-likeness (QED) is 0.769. The Bertz CT molecular complexity index is 609. The zero-order valence-corrected chi connectivity index (χ0v) is 10.4. The molecule has 2 aromatic rings. The van der Waals surface area contributed by atoms with Gasteiger partial charge in [0.15, 0.2) is 5.58 Å². The van der Waals surface area contributed by atoms with Gasteiger partial charge >= 0.3 is 5.76 Å². The summed E-state index contributed by atoms with van der Waals surface area (Å²) in [6, 6.07) is 5.80. The van der Waals surface area contributed by atoms with Gasteiger partial charge in [-0.25, -0.2) is 4.79 Å². The fraction of sp³-hybridized carbons (Fsp3) is 0.462. The third kappa shape index (κ3) is 1.69. The zero-order valence-electron chi connectivity index (χ0n) is 9.65. The zero-order chi connectivity index (χ0) is 12.0. The van der Waals surface area contributed by atoms with Crippen LogP contribution in [0.3, 0.4) is 0 Å². The Morgan fingerprint density at radius 1 is 1.47 bits per heavy atom. The van der Waals surface area contributed by atoms with Crippen LogP contribution in [0.15, 0.2) is 27.4 Å². The normalized spacial score (nSPS) is 18.2. The summed E-state index contributed by atoms with van der Waals surface area (Å²) in [4.78, 5) is 11.4. The smallest absolute Gasteiger partial charge is 0.408 e. The number of hydrogen-bond acceptors (Lipinski definition) is 2. The Morgan fingerprint density at radius 3 is 2.88 bits per heavy atom. The van der Waals surface area contributed by atoms with Crippen LogP contribution in [-0.4, -0.2) is 4.57 Å². The second-order valence-corrected chi connectivity index (χ2v) is 5.22. The van der Waals surface area contributed by atoms with Crippen molar-refractivity contribution in [3.8, 4) is 0 Å². The van der Waals surface area contributed by atoms with E-state index in [1.54, 1.807) is 7.05 Å². The van der Waals surface area contributed by atoms with Gasteiger partial charge in [0.1, 0.15) is 0 Å². The third-order valence-corrected chi connectivity index (χ3v) is 4.31. The van der Waals surface area contributed by atoms with Gasteiger partial charge in [0.2, 0.25) is 0 Å². The van der Waals surface area contributed by atoms with Crippen LogP contribution in [0.25, 0.3) is 11.1 Å². The fourth-order valence-electron chi connectivity index (χ4n) is 2.33. The number of hydrogen-bond donors (Lipinski definition) is 0. The number of alkyl halides is 1. The average molecular weight is 252 g/mol. The standard InChI is InChI=1S/C13H14ClNO2/c1-15-10-6-5-9(7-11(10)17-13(15)16)12(14)8-3-2-4-8/h5-8,12H,2-4H2,1H3. The van der Waals surface area contributed by atoms with Crippen molar-refractivity contribution in [1.82, 2.24) is 4.57 Å². The number of benzene rings is 1. The summed E-state index contributed by atoms with van der Waals surface area (Å²) >= 11 is 6.43. The Balaban J connectivity index is 2.04. The first-order valence-corrected chi connectivity index (χ1v) is 6.34. The summed E-state index contributed by atoms with van der Waals surface area (Å²) in [5.41, 5.74) is 2.49. The van der Waals surface area contributed by atoms with Crippen molar-refractivity contribution < 1.29 is 4.42 Å². The predicted molar refractivity (Wildman–Crippen MR) is 67.4 cm³/mol. The average Bonchev–Trinajstić information content (AvgIpc) is 2.52. The van der Waals surface area contributed by atoms with Crippen LogP contribution in [0.1, 0.15) is 30.2 Å². The van der Waals surface area contributed by atoms with Gasteiger partial charge in [-0.1, -0.05) is 12.5 Å². The van der Waals surface area contributed by atoms with Crippen molar-refractivity contribution in [2.45, 2.75) is 24.6 Å². The lowest BCUT2D eigenvalue weighted by atomic mass is 9.80. The van der Waals surface area contributed by atoms with Gasteiger partial charge in [-0.3, -0.25) is 4.57 Å². The summed E-state index contributed by atoms with van der Waals surface area (Å²) in [6.07, 6.45) is 3.67. The molecule has 0 amide bonds. The third-order valence-electron chi connectivity index (χ3n) is 3.70. The molecule has 1 atom stereocenters. The number of oxazole rings is 1. The maximum atomic E-state index is 11.4. The van der Waals surface area contributed by atoms with Crippen molar-refractivity contribution >= 4 is 22.7 Å². The highest BCUT2D eigenvalue weighted by Crippen LogP contribution is 2.42. The van der Waals surface area contributed by atoms with Gasteiger partial charge in [0.25, 0.3) is 0 Å². The molecule has 0 bridgehead atoms. The number of fused-ring (bicyclic) bond motifs is 1. The number of aryl methyl sites for hydroxylation is 1. The first-order chi connectivity index (χ1) is 8.16. The van der Waals surface area contributed by atoms with E-state index < -0.39 is 0 Å². The molecular formula is C13H14ClNO2. The highest BCUT2D eigenvalue weighted by Gasteiger charge is 2.27.